The molecule has 0 saturated heterocycles. The summed E-state index contributed by atoms with van der Waals surface area (Å²) in [7, 11) is 0. The van der Waals surface area contributed by atoms with E-state index in [4.69, 9.17) is 11.6 Å². The van der Waals surface area contributed by atoms with Crippen LogP contribution in [0.5, 0.6) is 0 Å². The van der Waals surface area contributed by atoms with Crippen molar-refractivity contribution in [1.29, 1.82) is 0 Å². The number of hydrogen-bond donors (Lipinski definition) is 0. The Morgan fingerprint density at radius 2 is 2.06 bits per heavy atom. The molecule has 1 aromatic heterocycles. The van der Waals surface area contributed by atoms with Gasteiger partial charge in [-0.2, -0.15) is 4.37 Å². The Bertz CT molecular complexity index is 509. The summed E-state index contributed by atoms with van der Waals surface area (Å²) in [5.74, 6) is 0.500. The van der Waals surface area contributed by atoms with Gasteiger partial charge in [0.25, 0.3) is 0 Å². The van der Waals surface area contributed by atoms with E-state index < -0.39 is 0 Å². The van der Waals surface area contributed by atoms with Gasteiger partial charge in [0.2, 0.25) is 5.28 Å². The van der Waals surface area contributed by atoms with Gasteiger partial charge in [0.1, 0.15) is 5.01 Å². The van der Waals surface area contributed by atoms with Crippen LogP contribution in [0.15, 0.2) is 24.3 Å². The summed E-state index contributed by atoms with van der Waals surface area (Å²) in [5, 5.41) is 1.47. The fourth-order valence-corrected chi connectivity index (χ4v) is 3.22. The van der Waals surface area contributed by atoms with E-state index in [0.29, 0.717) is 11.2 Å². The van der Waals surface area contributed by atoms with Crippen molar-refractivity contribution in [3.05, 3.63) is 45.7 Å². The molecule has 2 nitrogen and oxygen atoms in total. The van der Waals surface area contributed by atoms with E-state index in [2.05, 4.69) is 33.6 Å². The first-order valence-electron chi connectivity index (χ1n) is 5.39. The zero-order valence-electron chi connectivity index (χ0n) is 8.69. The standard InChI is InChI=1S/C12H11ClN2S/c13-12-14-11(16-15-12)10-6-5-8-3-1-2-4-9(8)7-10/h1-4,10H,5-7H2. The first kappa shape index (κ1) is 10.2. The lowest BCUT2D eigenvalue weighted by Gasteiger charge is -2.22. The van der Waals surface area contributed by atoms with Crippen molar-refractivity contribution in [2.75, 3.05) is 0 Å². The molecule has 82 valence electrons. The molecule has 0 amide bonds. The quantitative estimate of drug-likeness (QED) is 0.775. The number of aromatic nitrogens is 2. The van der Waals surface area contributed by atoms with E-state index in [1.807, 2.05) is 0 Å². The number of fused-ring (bicyclic) bond motifs is 1. The Morgan fingerprint density at radius 3 is 2.81 bits per heavy atom. The topological polar surface area (TPSA) is 25.8 Å². The van der Waals surface area contributed by atoms with Crippen molar-refractivity contribution >= 4 is 23.1 Å². The maximum atomic E-state index is 5.77. The molecule has 16 heavy (non-hydrogen) atoms. The molecule has 0 saturated carbocycles. The zero-order chi connectivity index (χ0) is 11.0. The van der Waals surface area contributed by atoms with E-state index in [0.717, 1.165) is 24.3 Å². The highest BCUT2D eigenvalue weighted by atomic mass is 35.5. The normalized spacial score (nSPS) is 19.4. The first-order chi connectivity index (χ1) is 7.83. The van der Waals surface area contributed by atoms with Gasteiger partial charge in [-0.3, -0.25) is 0 Å². The molecule has 0 N–H and O–H groups in total. The van der Waals surface area contributed by atoms with E-state index in [1.165, 1.54) is 22.7 Å². The molecule has 1 atom stereocenters. The van der Waals surface area contributed by atoms with Crippen LogP contribution in [-0.4, -0.2) is 9.36 Å². The number of hydrogen-bond acceptors (Lipinski definition) is 3. The lowest BCUT2D eigenvalue weighted by atomic mass is 9.84. The Hall–Kier alpha value is -0.930. The molecule has 4 heteroatoms. The summed E-state index contributed by atoms with van der Waals surface area (Å²) in [5.41, 5.74) is 2.93. The molecule has 0 radical (unpaired) electrons. The maximum absolute atomic E-state index is 5.77. The molecule has 0 fully saturated rings. The Labute approximate surface area is 103 Å². The number of aryl methyl sites for hydroxylation is 1. The third-order valence-corrected chi connectivity index (χ3v) is 4.26. The Balaban J connectivity index is 1.88. The molecule has 1 aliphatic carbocycles. The second kappa shape index (κ2) is 4.15. The summed E-state index contributed by atoms with van der Waals surface area (Å²) >= 11 is 7.21. The van der Waals surface area contributed by atoms with Crippen LogP contribution in [0, 0.1) is 0 Å². The van der Waals surface area contributed by atoms with Crippen LogP contribution in [0.4, 0.5) is 0 Å². The third kappa shape index (κ3) is 1.85. The van der Waals surface area contributed by atoms with Gasteiger partial charge < -0.3 is 0 Å². The molecule has 1 unspecified atom stereocenters. The molecule has 1 heterocycles. The zero-order valence-corrected chi connectivity index (χ0v) is 10.3. The van der Waals surface area contributed by atoms with Crippen molar-refractivity contribution in [1.82, 2.24) is 9.36 Å². The Kier molecular flexibility index (Phi) is 2.65. The average molecular weight is 251 g/mol. The van der Waals surface area contributed by atoms with Crippen LogP contribution in [0.3, 0.4) is 0 Å². The molecule has 3 rings (SSSR count). The highest BCUT2D eigenvalue weighted by Crippen LogP contribution is 2.33. The van der Waals surface area contributed by atoms with Gasteiger partial charge in [-0.1, -0.05) is 24.3 Å². The van der Waals surface area contributed by atoms with E-state index >= 15 is 0 Å². The molecule has 0 aliphatic heterocycles. The van der Waals surface area contributed by atoms with Gasteiger partial charge in [-0.25, -0.2) is 4.98 Å². The highest BCUT2D eigenvalue weighted by molar-refractivity contribution is 7.05. The van der Waals surface area contributed by atoms with Crippen molar-refractivity contribution < 1.29 is 0 Å². The summed E-state index contributed by atoms with van der Waals surface area (Å²) < 4.78 is 4.04. The maximum Gasteiger partial charge on any atom is 0.234 e. The van der Waals surface area contributed by atoms with E-state index in [9.17, 15) is 0 Å². The summed E-state index contributed by atoms with van der Waals surface area (Å²) in [6.07, 6.45) is 3.36. The molecule has 1 aliphatic rings. The van der Waals surface area contributed by atoms with Gasteiger partial charge in [0.15, 0.2) is 0 Å². The molecule has 0 bridgehead atoms. The van der Waals surface area contributed by atoms with Crippen LogP contribution in [0.25, 0.3) is 0 Å². The summed E-state index contributed by atoms with van der Waals surface area (Å²) in [6, 6.07) is 8.65. The molecule has 1 aromatic carbocycles. The first-order valence-corrected chi connectivity index (χ1v) is 6.54. The second-order valence-electron chi connectivity index (χ2n) is 4.11. The predicted octanol–water partition coefficient (Wildman–Crippen LogP) is 3.46. The molecule has 2 aromatic rings. The van der Waals surface area contributed by atoms with Crippen LogP contribution >= 0.6 is 23.1 Å². The van der Waals surface area contributed by atoms with Crippen molar-refractivity contribution in [2.45, 2.75) is 25.2 Å². The van der Waals surface area contributed by atoms with E-state index in [1.54, 1.807) is 0 Å². The number of halogens is 1. The van der Waals surface area contributed by atoms with Crippen LogP contribution in [-0.2, 0) is 12.8 Å². The van der Waals surface area contributed by atoms with Crippen LogP contribution in [0.2, 0.25) is 5.28 Å². The summed E-state index contributed by atoms with van der Waals surface area (Å²) in [4.78, 5) is 4.28. The van der Waals surface area contributed by atoms with Crippen molar-refractivity contribution in [3.8, 4) is 0 Å². The number of rotatable bonds is 1. The Morgan fingerprint density at radius 1 is 1.25 bits per heavy atom. The third-order valence-electron chi connectivity index (χ3n) is 3.11. The fraction of sp³-hybridized carbons (Fsp3) is 0.333. The largest absolute Gasteiger partial charge is 0.234 e. The molecular formula is C12H11ClN2S. The van der Waals surface area contributed by atoms with Gasteiger partial charge in [0, 0.05) is 5.92 Å². The SMILES string of the molecule is Clc1nsc(C2CCc3ccccc3C2)n1. The monoisotopic (exact) mass is 250 g/mol. The fourth-order valence-electron chi connectivity index (χ4n) is 2.29. The van der Waals surface area contributed by atoms with Crippen molar-refractivity contribution in [3.63, 3.8) is 0 Å². The lowest BCUT2D eigenvalue weighted by molar-refractivity contribution is 0.582. The van der Waals surface area contributed by atoms with E-state index in [-0.39, 0.29) is 0 Å². The second-order valence-corrected chi connectivity index (χ2v) is 5.23. The number of benzene rings is 1. The van der Waals surface area contributed by atoms with Gasteiger partial charge in [0.05, 0.1) is 0 Å². The van der Waals surface area contributed by atoms with Crippen LogP contribution < -0.4 is 0 Å². The molecular weight excluding hydrogens is 240 g/mol. The van der Waals surface area contributed by atoms with Gasteiger partial charge >= 0.3 is 0 Å². The highest BCUT2D eigenvalue weighted by Gasteiger charge is 2.22. The number of nitrogens with zero attached hydrogens (tertiary/aromatic N) is 2. The average Bonchev–Trinajstić information content (AvgIpc) is 2.75. The molecule has 0 spiro atoms. The van der Waals surface area contributed by atoms with Crippen LogP contribution in [0.1, 0.15) is 28.5 Å². The smallest absolute Gasteiger partial charge is 0.209 e. The van der Waals surface area contributed by atoms with Crippen molar-refractivity contribution in [2.24, 2.45) is 0 Å². The summed E-state index contributed by atoms with van der Waals surface area (Å²) in [6.45, 7) is 0. The minimum Gasteiger partial charge on any atom is -0.209 e. The minimum atomic E-state index is 0.388. The lowest BCUT2D eigenvalue weighted by Crippen LogP contribution is -2.12. The predicted molar refractivity (Wildman–Crippen MR) is 66.1 cm³/mol. The van der Waals surface area contributed by atoms with Gasteiger partial charge in [-0.05, 0) is 53.5 Å². The minimum absolute atomic E-state index is 0.388. The van der Waals surface area contributed by atoms with Gasteiger partial charge in [-0.15, -0.1) is 0 Å².